The molecule has 2 aromatic carbocycles. The fourth-order valence-corrected chi connectivity index (χ4v) is 1.92. The number of rotatable bonds is 5. The molecule has 2 rings (SSSR count). The summed E-state index contributed by atoms with van der Waals surface area (Å²) in [7, 11) is 0. The molecule has 0 unspecified atom stereocenters. The normalized spacial score (nSPS) is 10.7. The van der Waals surface area contributed by atoms with Crippen molar-refractivity contribution in [1.82, 2.24) is 0 Å². The molecule has 20 heavy (non-hydrogen) atoms. The molecule has 0 bridgehead atoms. The average molecular weight is 267 g/mol. The number of para-hydroxylation sites is 1. The van der Waals surface area contributed by atoms with E-state index in [0.717, 1.165) is 11.1 Å². The zero-order valence-corrected chi connectivity index (χ0v) is 11.4. The summed E-state index contributed by atoms with van der Waals surface area (Å²) in [5.41, 5.74) is 7.76. The van der Waals surface area contributed by atoms with Gasteiger partial charge in [0.05, 0.1) is 5.56 Å². The molecule has 2 N–H and O–H groups in total. The smallest absolute Gasteiger partial charge is 0.252 e. The SMILES string of the molecule is Cc1cccc(C(N)=O)c1OC/C=C/c1ccccc1. The van der Waals surface area contributed by atoms with Gasteiger partial charge >= 0.3 is 0 Å². The molecule has 0 aromatic heterocycles. The maximum absolute atomic E-state index is 11.4. The van der Waals surface area contributed by atoms with E-state index in [0.29, 0.717) is 17.9 Å². The van der Waals surface area contributed by atoms with E-state index < -0.39 is 5.91 Å². The highest BCUT2D eigenvalue weighted by molar-refractivity contribution is 5.96. The molecule has 3 heteroatoms. The summed E-state index contributed by atoms with van der Waals surface area (Å²) in [5.74, 6) is 0.0773. The molecule has 0 aliphatic heterocycles. The highest BCUT2D eigenvalue weighted by Gasteiger charge is 2.10. The standard InChI is InChI=1S/C17H17NO2/c1-13-7-5-11-15(17(18)19)16(13)20-12-6-10-14-8-3-2-4-9-14/h2-11H,12H2,1H3,(H2,18,19)/b10-6+. The molecule has 0 radical (unpaired) electrons. The number of nitrogens with two attached hydrogens (primary N) is 1. The molecule has 0 saturated heterocycles. The molecule has 0 atom stereocenters. The summed E-state index contributed by atoms with van der Waals surface area (Å²) in [5, 5.41) is 0. The average Bonchev–Trinajstić information content (AvgIpc) is 2.45. The van der Waals surface area contributed by atoms with Crippen LogP contribution in [0.1, 0.15) is 21.5 Å². The minimum atomic E-state index is -0.476. The highest BCUT2D eigenvalue weighted by Crippen LogP contribution is 2.22. The second-order valence-electron chi connectivity index (χ2n) is 4.44. The Labute approximate surface area is 118 Å². The van der Waals surface area contributed by atoms with Crippen LogP contribution in [-0.2, 0) is 0 Å². The summed E-state index contributed by atoms with van der Waals surface area (Å²) in [6.45, 7) is 2.28. The molecular weight excluding hydrogens is 250 g/mol. The van der Waals surface area contributed by atoms with Crippen LogP contribution < -0.4 is 10.5 Å². The molecule has 0 saturated carbocycles. The minimum absolute atomic E-state index is 0.389. The van der Waals surface area contributed by atoms with Crippen molar-refractivity contribution in [2.24, 2.45) is 5.73 Å². The molecule has 0 aliphatic rings. The fourth-order valence-electron chi connectivity index (χ4n) is 1.92. The van der Waals surface area contributed by atoms with Crippen LogP contribution >= 0.6 is 0 Å². The minimum Gasteiger partial charge on any atom is -0.488 e. The Morgan fingerprint density at radius 2 is 1.90 bits per heavy atom. The van der Waals surface area contributed by atoms with Crippen molar-refractivity contribution in [3.8, 4) is 5.75 Å². The van der Waals surface area contributed by atoms with E-state index >= 15 is 0 Å². The Morgan fingerprint density at radius 1 is 1.15 bits per heavy atom. The van der Waals surface area contributed by atoms with Crippen molar-refractivity contribution >= 4 is 12.0 Å². The van der Waals surface area contributed by atoms with Crippen LogP contribution in [0.3, 0.4) is 0 Å². The lowest BCUT2D eigenvalue weighted by Gasteiger charge is -2.10. The quantitative estimate of drug-likeness (QED) is 0.904. The first-order valence-corrected chi connectivity index (χ1v) is 6.42. The molecule has 102 valence electrons. The van der Waals surface area contributed by atoms with Crippen molar-refractivity contribution in [3.63, 3.8) is 0 Å². The number of amides is 1. The van der Waals surface area contributed by atoms with Crippen LogP contribution in [0.15, 0.2) is 54.6 Å². The number of ether oxygens (including phenoxy) is 1. The van der Waals surface area contributed by atoms with Crippen LogP contribution in [0, 0.1) is 6.92 Å². The van der Waals surface area contributed by atoms with E-state index in [-0.39, 0.29) is 0 Å². The number of carbonyl (C=O) groups is 1. The van der Waals surface area contributed by atoms with Gasteiger partial charge in [-0.15, -0.1) is 0 Å². The van der Waals surface area contributed by atoms with Crippen molar-refractivity contribution in [2.45, 2.75) is 6.92 Å². The Hall–Kier alpha value is -2.55. The molecule has 3 nitrogen and oxygen atoms in total. The van der Waals surface area contributed by atoms with Gasteiger partial charge in [-0.3, -0.25) is 4.79 Å². The first-order valence-electron chi connectivity index (χ1n) is 6.42. The zero-order chi connectivity index (χ0) is 14.4. The van der Waals surface area contributed by atoms with Crippen molar-refractivity contribution in [2.75, 3.05) is 6.61 Å². The second kappa shape index (κ2) is 6.57. The van der Waals surface area contributed by atoms with Crippen LogP contribution in [0.5, 0.6) is 5.75 Å². The van der Waals surface area contributed by atoms with Gasteiger partial charge in [-0.25, -0.2) is 0 Å². The van der Waals surface area contributed by atoms with Gasteiger partial charge in [-0.1, -0.05) is 48.5 Å². The van der Waals surface area contributed by atoms with Gasteiger partial charge in [-0.2, -0.15) is 0 Å². The zero-order valence-electron chi connectivity index (χ0n) is 11.4. The van der Waals surface area contributed by atoms with Crippen molar-refractivity contribution in [1.29, 1.82) is 0 Å². The van der Waals surface area contributed by atoms with Gasteiger partial charge in [-0.05, 0) is 30.2 Å². The van der Waals surface area contributed by atoms with Gasteiger partial charge in [0.25, 0.3) is 5.91 Å². The molecular formula is C17H17NO2. The molecule has 1 amide bonds. The maximum Gasteiger partial charge on any atom is 0.252 e. The predicted molar refractivity (Wildman–Crippen MR) is 80.7 cm³/mol. The van der Waals surface area contributed by atoms with E-state index in [1.165, 1.54) is 0 Å². The number of carbonyl (C=O) groups excluding carboxylic acids is 1. The molecule has 0 fully saturated rings. The Morgan fingerprint density at radius 3 is 2.60 bits per heavy atom. The third-order valence-electron chi connectivity index (χ3n) is 2.91. The third kappa shape index (κ3) is 3.48. The van der Waals surface area contributed by atoms with Crippen LogP contribution in [0.4, 0.5) is 0 Å². The second-order valence-corrected chi connectivity index (χ2v) is 4.44. The first-order chi connectivity index (χ1) is 9.68. The van der Waals surface area contributed by atoms with Gasteiger partial charge in [0.15, 0.2) is 0 Å². The number of primary amides is 1. The Kier molecular flexibility index (Phi) is 4.56. The van der Waals surface area contributed by atoms with Crippen molar-refractivity contribution < 1.29 is 9.53 Å². The number of hydrogen-bond donors (Lipinski definition) is 1. The lowest BCUT2D eigenvalue weighted by molar-refractivity contribution is 0.0996. The fraction of sp³-hybridized carbons (Fsp3) is 0.118. The van der Waals surface area contributed by atoms with Crippen LogP contribution in [0.25, 0.3) is 6.08 Å². The van der Waals surface area contributed by atoms with Gasteiger partial charge in [0.1, 0.15) is 12.4 Å². The summed E-state index contributed by atoms with van der Waals surface area (Å²) in [6.07, 6.45) is 3.88. The summed E-state index contributed by atoms with van der Waals surface area (Å²) in [6, 6.07) is 15.3. The number of hydrogen-bond acceptors (Lipinski definition) is 2. The van der Waals surface area contributed by atoms with E-state index in [1.54, 1.807) is 12.1 Å². The molecule has 2 aromatic rings. The Balaban J connectivity index is 2.05. The molecule has 0 heterocycles. The maximum atomic E-state index is 11.4. The number of benzene rings is 2. The number of aryl methyl sites for hydroxylation is 1. The van der Waals surface area contributed by atoms with E-state index in [4.69, 9.17) is 10.5 Å². The predicted octanol–water partition coefficient (Wildman–Crippen LogP) is 3.19. The lowest BCUT2D eigenvalue weighted by Crippen LogP contribution is -2.13. The largest absolute Gasteiger partial charge is 0.488 e. The first kappa shape index (κ1) is 13.9. The van der Waals surface area contributed by atoms with E-state index in [1.807, 2.05) is 55.5 Å². The topological polar surface area (TPSA) is 52.3 Å². The Bertz CT molecular complexity index is 618. The highest BCUT2D eigenvalue weighted by atomic mass is 16.5. The molecule has 0 aliphatic carbocycles. The van der Waals surface area contributed by atoms with E-state index in [9.17, 15) is 4.79 Å². The van der Waals surface area contributed by atoms with Crippen LogP contribution in [0.2, 0.25) is 0 Å². The monoisotopic (exact) mass is 267 g/mol. The molecule has 0 spiro atoms. The summed E-state index contributed by atoms with van der Waals surface area (Å²) in [4.78, 5) is 11.4. The van der Waals surface area contributed by atoms with Crippen LogP contribution in [-0.4, -0.2) is 12.5 Å². The van der Waals surface area contributed by atoms with Crippen molar-refractivity contribution in [3.05, 3.63) is 71.3 Å². The summed E-state index contributed by atoms with van der Waals surface area (Å²) >= 11 is 0. The third-order valence-corrected chi connectivity index (χ3v) is 2.91. The van der Waals surface area contributed by atoms with Gasteiger partial charge < -0.3 is 10.5 Å². The van der Waals surface area contributed by atoms with Gasteiger partial charge in [0.2, 0.25) is 0 Å². The van der Waals surface area contributed by atoms with Gasteiger partial charge in [0, 0.05) is 0 Å². The lowest BCUT2D eigenvalue weighted by atomic mass is 10.1. The summed E-state index contributed by atoms with van der Waals surface area (Å²) < 4.78 is 5.66. The van der Waals surface area contributed by atoms with E-state index in [2.05, 4.69) is 0 Å².